The Labute approximate surface area is 166 Å². The Morgan fingerprint density at radius 3 is 2.56 bits per heavy atom. The molecule has 142 valence electrons. The van der Waals surface area contributed by atoms with Crippen LogP contribution in [0, 0.1) is 0 Å². The first-order chi connectivity index (χ1) is 13.2. The maximum Gasteiger partial charge on any atom is 0.224 e. The van der Waals surface area contributed by atoms with Gasteiger partial charge in [-0.25, -0.2) is 0 Å². The molecule has 1 aliphatic heterocycles. The summed E-state index contributed by atoms with van der Waals surface area (Å²) in [5, 5.41) is 3.95. The summed E-state index contributed by atoms with van der Waals surface area (Å²) < 4.78 is 0. The normalized spacial score (nSPS) is 15.2. The zero-order valence-electron chi connectivity index (χ0n) is 15.5. The van der Waals surface area contributed by atoms with E-state index < -0.39 is 0 Å². The van der Waals surface area contributed by atoms with Crippen LogP contribution in [0.5, 0.6) is 0 Å². The van der Waals surface area contributed by atoms with Crippen LogP contribution >= 0.6 is 11.6 Å². The van der Waals surface area contributed by atoms with Crippen molar-refractivity contribution in [2.75, 3.05) is 44.6 Å². The summed E-state index contributed by atoms with van der Waals surface area (Å²) in [7, 11) is 0. The fourth-order valence-corrected chi connectivity index (χ4v) is 3.34. The van der Waals surface area contributed by atoms with E-state index in [0.29, 0.717) is 18.0 Å². The minimum atomic E-state index is 0.212. The lowest BCUT2D eigenvalue weighted by atomic mass is 10.2. The lowest BCUT2D eigenvalue weighted by molar-refractivity contribution is -0.132. The Balaban J connectivity index is 1.34. The van der Waals surface area contributed by atoms with Gasteiger partial charge in [0.1, 0.15) is 0 Å². The topological polar surface area (TPSA) is 35.6 Å². The lowest BCUT2D eigenvalue weighted by Crippen LogP contribution is -2.48. The molecular weight excluding hydrogens is 358 g/mol. The van der Waals surface area contributed by atoms with Crippen LogP contribution in [0.2, 0.25) is 5.02 Å². The van der Waals surface area contributed by atoms with Gasteiger partial charge in [0, 0.05) is 56.4 Å². The number of halogens is 1. The van der Waals surface area contributed by atoms with Crippen molar-refractivity contribution in [2.45, 2.75) is 6.42 Å². The Morgan fingerprint density at radius 2 is 1.81 bits per heavy atom. The molecular formula is C22H26ClN3O. The molecule has 27 heavy (non-hydrogen) atoms. The van der Waals surface area contributed by atoms with Crippen LogP contribution in [0.4, 0.5) is 5.69 Å². The third-order valence-electron chi connectivity index (χ3n) is 4.69. The monoisotopic (exact) mass is 383 g/mol. The molecule has 2 aromatic carbocycles. The molecule has 0 aliphatic carbocycles. The van der Waals surface area contributed by atoms with Gasteiger partial charge in [0.15, 0.2) is 0 Å². The van der Waals surface area contributed by atoms with Gasteiger partial charge in [-0.15, -0.1) is 0 Å². The zero-order valence-corrected chi connectivity index (χ0v) is 16.2. The second-order valence-corrected chi connectivity index (χ2v) is 7.12. The summed E-state index contributed by atoms with van der Waals surface area (Å²) in [4.78, 5) is 16.7. The summed E-state index contributed by atoms with van der Waals surface area (Å²) in [6.45, 7) is 5.00. The first-order valence-corrected chi connectivity index (χ1v) is 9.80. The summed E-state index contributed by atoms with van der Waals surface area (Å²) in [6, 6.07) is 17.9. The van der Waals surface area contributed by atoms with Crippen molar-refractivity contribution >= 4 is 29.3 Å². The molecule has 1 amide bonds. The molecule has 1 aliphatic rings. The van der Waals surface area contributed by atoms with E-state index in [1.165, 1.54) is 5.56 Å². The highest BCUT2D eigenvalue weighted by atomic mass is 35.5. The number of piperazine rings is 1. The molecule has 1 heterocycles. The van der Waals surface area contributed by atoms with Crippen LogP contribution in [0.1, 0.15) is 12.0 Å². The fraction of sp³-hybridized carbons (Fsp3) is 0.318. The molecule has 0 saturated carbocycles. The van der Waals surface area contributed by atoms with Crippen LogP contribution in [-0.4, -0.2) is 55.0 Å². The maximum absolute atomic E-state index is 12.4. The van der Waals surface area contributed by atoms with Gasteiger partial charge in [0.05, 0.1) is 0 Å². The number of carbonyl (C=O) groups is 1. The summed E-state index contributed by atoms with van der Waals surface area (Å²) in [6.07, 6.45) is 4.85. The summed E-state index contributed by atoms with van der Waals surface area (Å²) in [5.74, 6) is 0.212. The number of rotatable bonds is 7. The quantitative estimate of drug-likeness (QED) is 0.784. The van der Waals surface area contributed by atoms with Gasteiger partial charge in [-0.05, 0) is 23.8 Å². The fourth-order valence-electron chi connectivity index (χ4n) is 3.15. The van der Waals surface area contributed by atoms with Crippen LogP contribution in [0.3, 0.4) is 0 Å². The minimum absolute atomic E-state index is 0.212. The number of carbonyl (C=O) groups excluding carboxylic acids is 1. The molecule has 4 nitrogen and oxygen atoms in total. The molecule has 3 rings (SSSR count). The number of benzene rings is 2. The molecule has 0 atom stereocenters. The van der Waals surface area contributed by atoms with Gasteiger partial charge < -0.3 is 10.2 Å². The van der Waals surface area contributed by atoms with E-state index in [4.69, 9.17) is 11.6 Å². The molecule has 0 bridgehead atoms. The SMILES string of the molecule is O=C(CCNc1cccc(Cl)c1)N1CCN(C/C=C/c2ccccc2)CC1. The van der Waals surface area contributed by atoms with E-state index in [1.54, 1.807) is 0 Å². The van der Waals surface area contributed by atoms with Crippen molar-refractivity contribution in [2.24, 2.45) is 0 Å². The minimum Gasteiger partial charge on any atom is -0.384 e. The molecule has 1 saturated heterocycles. The Bertz CT molecular complexity index is 755. The van der Waals surface area contributed by atoms with Gasteiger partial charge in [0.2, 0.25) is 5.91 Å². The van der Waals surface area contributed by atoms with Gasteiger partial charge >= 0.3 is 0 Å². The Kier molecular flexibility index (Phi) is 7.31. The van der Waals surface area contributed by atoms with Crippen molar-refractivity contribution < 1.29 is 4.79 Å². The van der Waals surface area contributed by atoms with E-state index in [1.807, 2.05) is 47.4 Å². The van der Waals surface area contributed by atoms with E-state index in [9.17, 15) is 4.79 Å². The van der Waals surface area contributed by atoms with Gasteiger partial charge in [-0.1, -0.05) is 60.2 Å². The first-order valence-electron chi connectivity index (χ1n) is 9.42. The number of hydrogen-bond donors (Lipinski definition) is 1. The standard InChI is InChI=1S/C22H26ClN3O/c23-20-9-4-10-21(18-20)24-12-11-22(27)26-16-14-25(15-17-26)13-5-8-19-6-2-1-3-7-19/h1-10,18,24H,11-17H2/b8-5+. The predicted molar refractivity (Wildman–Crippen MR) is 113 cm³/mol. The number of nitrogens with one attached hydrogen (secondary N) is 1. The molecule has 1 N–H and O–H groups in total. The van der Waals surface area contributed by atoms with E-state index in [0.717, 1.165) is 38.4 Å². The molecule has 2 aromatic rings. The van der Waals surface area contributed by atoms with Crippen molar-refractivity contribution in [3.8, 4) is 0 Å². The van der Waals surface area contributed by atoms with Crippen molar-refractivity contribution in [3.05, 3.63) is 71.3 Å². The highest BCUT2D eigenvalue weighted by Crippen LogP contribution is 2.15. The van der Waals surface area contributed by atoms with Crippen LogP contribution in [-0.2, 0) is 4.79 Å². The number of hydrogen-bond acceptors (Lipinski definition) is 3. The van der Waals surface area contributed by atoms with E-state index in [-0.39, 0.29) is 5.91 Å². The summed E-state index contributed by atoms with van der Waals surface area (Å²) in [5.41, 5.74) is 2.17. The Morgan fingerprint density at radius 1 is 1.04 bits per heavy atom. The molecule has 0 aromatic heterocycles. The summed E-state index contributed by atoms with van der Waals surface area (Å²) >= 11 is 5.97. The molecule has 0 spiro atoms. The van der Waals surface area contributed by atoms with Gasteiger partial charge in [-0.3, -0.25) is 9.69 Å². The second-order valence-electron chi connectivity index (χ2n) is 6.68. The maximum atomic E-state index is 12.4. The average Bonchev–Trinajstić information content (AvgIpc) is 2.69. The number of anilines is 1. The predicted octanol–water partition coefficient (Wildman–Crippen LogP) is 4.00. The number of nitrogens with zero attached hydrogens (tertiary/aromatic N) is 2. The van der Waals surface area contributed by atoms with Gasteiger partial charge in [0.25, 0.3) is 0 Å². The molecule has 0 unspecified atom stereocenters. The molecule has 1 fully saturated rings. The van der Waals surface area contributed by atoms with E-state index >= 15 is 0 Å². The zero-order chi connectivity index (χ0) is 18.9. The van der Waals surface area contributed by atoms with Gasteiger partial charge in [-0.2, -0.15) is 0 Å². The highest BCUT2D eigenvalue weighted by Gasteiger charge is 2.19. The highest BCUT2D eigenvalue weighted by molar-refractivity contribution is 6.30. The smallest absolute Gasteiger partial charge is 0.224 e. The average molecular weight is 384 g/mol. The first kappa shape index (κ1) is 19.5. The van der Waals surface area contributed by atoms with Crippen molar-refractivity contribution in [1.82, 2.24) is 9.80 Å². The lowest BCUT2D eigenvalue weighted by Gasteiger charge is -2.34. The molecule has 0 radical (unpaired) electrons. The van der Waals surface area contributed by atoms with Crippen LogP contribution in [0.25, 0.3) is 6.08 Å². The van der Waals surface area contributed by atoms with Crippen molar-refractivity contribution in [3.63, 3.8) is 0 Å². The third-order valence-corrected chi connectivity index (χ3v) is 4.93. The third kappa shape index (κ3) is 6.42. The van der Waals surface area contributed by atoms with E-state index in [2.05, 4.69) is 34.5 Å². The van der Waals surface area contributed by atoms with Crippen LogP contribution in [0.15, 0.2) is 60.7 Å². The van der Waals surface area contributed by atoms with Crippen LogP contribution < -0.4 is 5.32 Å². The second kappa shape index (κ2) is 10.1. The Hall–Kier alpha value is -2.30. The largest absolute Gasteiger partial charge is 0.384 e. The van der Waals surface area contributed by atoms with Crippen molar-refractivity contribution in [1.29, 1.82) is 0 Å². The number of amides is 1. The molecule has 5 heteroatoms.